The first-order valence-electron chi connectivity index (χ1n) is 11.8. The SMILES string of the molecule is C=C(/N=C(\ON)c1ccc(OC(C)C)c(C#N)c1)c1cccc2c1OCCN(CCC(=O)OCC)C2. The summed E-state index contributed by atoms with van der Waals surface area (Å²) in [5, 5.41) is 9.54. The van der Waals surface area contributed by atoms with Crippen molar-refractivity contribution < 1.29 is 23.8 Å². The Kier molecular flexibility index (Phi) is 9.45. The highest BCUT2D eigenvalue weighted by atomic mass is 16.6. The Morgan fingerprint density at radius 1 is 1.33 bits per heavy atom. The van der Waals surface area contributed by atoms with E-state index in [0.29, 0.717) is 73.2 Å². The number of carbonyl (C=O) groups is 1. The van der Waals surface area contributed by atoms with E-state index in [-0.39, 0.29) is 18.0 Å². The summed E-state index contributed by atoms with van der Waals surface area (Å²) in [6.07, 6.45) is 0.249. The Balaban J connectivity index is 1.83. The monoisotopic (exact) mass is 492 g/mol. The number of nitrogens with zero attached hydrogens (tertiary/aromatic N) is 3. The van der Waals surface area contributed by atoms with Gasteiger partial charge in [0.25, 0.3) is 0 Å². The zero-order chi connectivity index (χ0) is 26.1. The van der Waals surface area contributed by atoms with Crippen LogP contribution < -0.4 is 15.4 Å². The maximum absolute atomic E-state index is 11.8. The first kappa shape index (κ1) is 26.7. The van der Waals surface area contributed by atoms with Crippen LogP contribution in [0, 0.1) is 11.3 Å². The smallest absolute Gasteiger partial charge is 0.307 e. The minimum atomic E-state index is -0.211. The summed E-state index contributed by atoms with van der Waals surface area (Å²) in [4.78, 5) is 23.5. The zero-order valence-electron chi connectivity index (χ0n) is 21.0. The Bertz CT molecular complexity index is 1170. The van der Waals surface area contributed by atoms with Gasteiger partial charge in [0.2, 0.25) is 5.90 Å². The molecule has 0 amide bonds. The first-order chi connectivity index (χ1) is 17.4. The molecule has 1 aliphatic rings. The van der Waals surface area contributed by atoms with Crippen LogP contribution in [-0.4, -0.2) is 49.2 Å². The predicted octanol–water partition coefficient (Wildman–Crippen LogP) is 3.80. The minimum Gasteiger partial charge on any atom is -0.491 e. The second kappa shape index (κ2) is 12.7. The molecule has 0 saturated heterocycles. The number of hydrogen-bond donors (Lipinski definition) is 1. The van der Waals surface area contributed by atoms with Crippen molar-refractivity contribution in [2.75, 3.05) is 26.3 Å². The second-order valence-electron chi connectivity index (χ2n) is 8.44. The molecule has 0 radical (unpaired) electrons. The van der Waals surface area contributed by atoms with Crippen LogP contribution in [-0.2, 0) is 20.9 Å². The lowest BCUT2D eigenvalue weighted by atomic mass is 10.1. The quantitative estimate of drug-likeness (QED) is 0.243. The van der Waals surface area contributed by atoms with Crippen LogP contribution in [0.5, 0.6) is 11.5 Å². The summed E-state index contributed by atoms with van der Waals surface area (Å²) < 4.78 is 16.8. The molecule has 9 heteroatoms. The maximum Gasteiger partial charge on any atom is 0.307 e. The van der Waals surface area contributed by atoms with Crippen molar-refractivity contribution >= 4 is 17.6 Å². The summed E-state index contributed by atoms with van der Waals surface area (Å²) in [6, 6.07) is 12.9. The van der Waals surface area contributed by atoms with Crippen molar-refractivity contribution in [1.82, 2.24) is 4.90 Å². The van der Waals surface area contributed by atoms with E-state index in [1.807, 2.05) is 32.0 Å². The Labute approximate surface area is 211 Å². The molecular weight excluding hydrogens is 460 g/mol. The predicted molar refractivity (Wildman–Crippen MR) is 136 cm³/mol. The highest BCUT2D eigenvalue weighted by molar-refractivity contribution is 5.98. The third-order valence-corrected chi connectivity index (χ3v) is 5.45. The number of para-hydroxylation sites is 1. The van der Waals surface area contributed by atoms with Gasteiger partial charge in [-0.15, -0.1) is 0 Å². The van der Waals surface area contributed by atoms with Crippen LogP contribution in [0.1, 0.15) is 49.4 Å². The molecule has 9 nitrogen and oxygen atoms in total. The molecule has 36 heavy (non-hydrogen) atoms. The molecule has 3 rings (SSSR count). The van der Waals surface area contributed by atoms with E-state index in [0.717, 1.165) is 5.56 Å². The van der Waals surface area contributed by atoms with Crippen LogP contribution in [0.3, 0.4) is 0 Å². The van der Waals surface area contributed by atoms with Crippen LogP contribution in [0.15, 0.2) is 48.0 Å². The fraction of sp³-hybridized carbons (Fsp3) is 0.370. The van der Waals surface area contributed by atoms with Gasteiger partial charge in [-0.2, -0.15) is 11.2 Å². The third kappa shape index (κ3) is 6.84. The number of nitrogens with two attached hydrogens (primary N) is 1. The highest BCUT2D eigenvalue weighted by Gasteiger charge is 2.21. The molecule has 0 unspecified atom stereocenters. The van der Waals surface area contributed by atoms with Gasteiger partial charge in [-0.05, 0) is 45.0 Å². The van der Waals surface area contributed by atoms with E-state index in [9.17, 15) is 10.1 Å². The van der Waals surface area contributed by atoms with Gasteiger partial charge >= 0.3 is 5.97 Å². The van der Waals surface area contributed by atoms with Gasteiger partial charge in [-0.3, -0.25) is 9.69 Å². The summed E-state index contributed by atoms with van der Waals surface area (Å²) in [5.74, 6) is 6.59. The van der Waals surface area contributed by atoms with Gasteiger partial charge in [0, 0.05) is 36.3 Å². The first-order valence-corrected chi connectivity index (χ1v) is 11.8. The lowest BCUT2D eigenvalue weighted by molar-refractivity contribution is -0.143. The molecule has 1 heterocycles. The summed E-state index contributed by atoms with van der Waals surface area (Å²) >= 11 is 0. The molecule has 2 N–H and O–H groups in total. The van der Waals surface area contributed by atoms with Crippen LogP contribution in [0.2, 0.25) is 0 Å². The lowest BCUT2D eigenvalue weighted by Crippen LogP contribution is -2.28. The standard InChI is InChI=1S/C27H32N4O5/c1-5-33-25(32)11-12-31-13-14-34-26-21(17-31)7-6-8-23(26)19(4)30-27(36-29)20-9-10-24(35-18(2)3)22(15-20)16-28/h6-10,15,18H,4-5,11-14,17,29H2,1-3H3/b30-27-. The number of rotatable bonds is 9. The zero-order valence-corrected chi connectivity index (χ0v) is 21.0. The number of esters is 1. The molecule has 190 valence electrons. The molecule has 0 spiro atoms. The average Bonchev–Trinajstić information content (AvgIpc) is 3.08. The topological polar surface area (TPSA) is 119 Å². The van der Waals surface area contributed by atoms with Crippen molar-refractivity contribution in [3.63, 3.8) is 0 Å². The highest BCUT2D eigenvalue weighted by Crippen LogP contribution is 2.33. The van der Waals surface area contributed by atoms with Crippen LogP contribution in [0.4, 0.5) is 0 Å². The molecule has 0 fully saturated rings. The van der Waals surface area contributed by atoms with Crippen molar-refractivity contribution in [1.29, 1.82) is 5.26 Å². The average molecular weight is 493 g/mol. The largest absolute Gasteiger partial charge is 0.491 e. The molecule has 0 saturated carbocycles. The van der Waals surface area contributed by atoms with Gasteiger partial charge in [0.1, 0.15) is 24.2 Å². The van der Waals surface area contributed by atoms with E-state index in [2.05, 4.69) is 22.5 Å². The Morgan fingerprint density at radius 2 is 2.14 bits per heavy atom. The third-order valence-electron chi connectivity index (χ3n) is 5.45. The summed E-state index contributed by atoms with van der Waals surface area (Å²) in [5.41, 5.74) is 2.92. The minimum absolute atomic E-state index is 0.0731. The molecule has 1 aliphatic heterocycles. The van der Waals surface area contributed by atoms with Crippen molar-refractivity contribution in [3.05, 3.63) is 65.2 Å². The molecule has 0 aliphatic carbocycles. The molecule has 2 aromatic rings. The van der Waals surface area contributed by atoms with E-state index in [1.54, 1.807) is 25.1 Å². The number of aliphatic imine (C=N–C) groups is 1. The van der Waals surface area contributed by atoms with Crippen molar-refractivity contribution in [2.45, 2.75) is 39.8 Å². The van der Waals surface area contributed by atoms with Gasteiger partial charge < -0.3 is 19.0 Å². The number of carbonyl (C=O) groups excluding carboxylic acids is 1. The van der Waals surface area contributed by atoms with Crippen molar-refractivity contribution in [3.8, 4) is 17.6 Å². The number of fused-ring (bicyclic) bond motifs is 1. The lowest BCUT2D eigenvalue weighted by Gasteiger charge is -2.18. The van der Waals surface area contributed by atoms with Crippen LogP contribution >= 0.6 is 0 Å². The van der Waals surface area contributed by atoms with Gasteiger partial charge in [0.05, 0.1) is 30.4 Å². The number of nitriles is 1. The molecule has 0 aromatic heterocycles. The summed E-state index contributed by atoms with van der Waals surface area (Å²) in [6.45, 7) is 12.4. The fourth-order valence-corrected chi connectivity index (χ4v) is 3.83. The van der Waals surface area contributed by atoms with E-state index in [1.165, 1.54) is 0 Å². The second-order valence-corrected chi connectivity index (χ2v) is 8.44. The Hall–Kier alpha value is -3.87. The molecule has 0 atom stereocenters. The summed E-state index contributed by atoms with van der Waals surface area (Å²) in [7, 11) is 0. The normalized spacial score (nSPS) is 13.7. The van der Waals surface area contributed by atoms with Gasteiger partial charge in [0.15, 0.2) is 0 Å². The number of benzene rings is 2. The van der Waals surface area contributed by atoms with E-state index >= 15 is 0 Å². The van der Waals surface area contributed by atoms with E-state index in [4.69, 9.17) is 24.9 Å². The Morgan fingerprint density at radius 3 is 2.83 bits per heavy atom. The molecule has 2 aromatic carbocycles. The molecular formula is C27H32N4O5. The maximum atomic E-state index is 11.8. The number of ether oxygens (including phenoxy) is 3. The van der Waals surface area contributed by atoms with E-state index < -0.39 is 0 Å². The number of hydrogen-bond acceptors (Lipinski definition) is 9. The molecule has 0 bridgehead atoms. The fourth-order valence-electron chi connectivity index (χ4n) is 3.83. The van der Waals surface area contributed by atoms with Gasteiger partial charge in [-0.25, -0.2) is 4.99 Å². The van der Waals surface area contributed by atoms with Gasteiger partial charge in [-0.1, -0.05) is 18.7 Å². The van der Waals surface area contributed by atoms with Crippen LogP contribution in [0.25, 0.3) is 5.70 Å². The van der Waals surface area contributed by atoms with Crippen molar-refractivity contribution in [2.24, 2.45) is 10.9 Å².